The van der Waals surface area contributed by atoms with Gasteiger partial charge in [0.25, 0.3) is 15.9 Å². The number of sulfonamides is 1. The molecule has 0 bridgehead atoms. The Morgan fingerprint density at radius 3 is 2.30 bits per heavy atom. The third-order valence-corrected chi connectivity index (χ3v) is 6.01. The Hall–Kier alpha value is -2.10. The van der Waals surface area contributed by atoms with E-state index in [4.69, 9.17) is 11.6 Å². The Labute approximate surface area is 175 Å². The highest BCUT2D eigenvalue weighted by Crippen LogP contribution is 2.24. The molecule has 0 aromatic heterocycles. The lowest BCUT2D eigenvalue weighted by atomic mass is 10.2. The van der Waals surface area contributed by atoms with Crippen molar-refractivity contribution in [2.24, 2.45) is 0 Å². The fourth-order valence-corrected chi connectivity index (χ4v) is 4.16. The average molecular weight is 513 g/mol. The molecule has 0 atom stereocenters. The highest BCUT2D eigenvalue weighted by Gasteiger charge is 2.16. The molecule has 3 aromatic rings. The van der Waals surface area contributed by atoms with Gasteiger partial charge in [-0.05, 0) is 77.2 Å². The molecule has 3 aromatic carbocycles. The number of hydrogen-bond donors (Lipinski definition) is 2. The van der Waals surface area contributed by atoms with Gasteiger partial charge in [0.2, 0.25) is 0 Å². The van der Waals surface area contributed by atoms with Crippen LogP contribution in [0.15, 0.2) is 77.7 Å². The Morgan fingerprint density at radius 1 is 0.926 bits per heavy atom. The minimum atomic E-state index is -3.79. The van der Waals surface area contributed by atoms with Gasteiger partial charge in [0.15, 0.2) is 0 Å². The van der Waals surface area contributed by atoms with Crippen LogP contribution in [-0.2, 0) is 10.0 Å². The molecule has 1 amide bonds. The van der Waals surface area contributed by atoms with Gasteiger partial charge in [-0.3, -0.25) is 9.52 Å². The van der Waals surface area contributed by atoms with Crippen LogP contribution in [0.25, 0.3) is 0 Å². The van der Waals surface area contributed by atoms with Gasteiger partial charge in [-0.2, -0.15) is 0 Å². The molecule has 0 heterocycles. The molecular weight excluding hydrogens is 499 g/mol. The summed E-state index contributed by atoms with van der Waals surface area (Å²) in [4.78, 5) is 12.3. The molecule has 3 rings (SSSR count). The van der Waals surface area contributed by atoms with Crippen molar-refractivity contribution in [1.82, 2.24) is 0 Å². The summed E-state index contributed by atoms with van der Waals surface area (Å²) in [5, 5.41) is 3.05. The van der Waals surface area contributed by atoms with Crippen molar-refractivity contribution in [2.75, 3.05) is 10.0 Å². The van der Waals surface area contributed by atoms with Gasteiger partial charge >= 0.3 is 0 Å². The summed E-state index contributed by atoms with van der Waals surface area (Å²) in [7, 11) is -3.79. The molecule has 8 heteroatoms. The molecule has 0 aliphatic heterocycles. The van der Waals surface area contributed by atoms with E-state index in [-0.39, 0.29) is 10.8 Å². The Kier molecular flexibility index (Phi) is 6.03. The van der Waals surface area contributed by atoms with Crippen molar-refractivity contribution in [2.45, 2.75) is 4.90 Å². The van der Waals surface area contributed by atoms with Crippen molar-refractivity contribution in [3.63, 3.8) is 0 Å². The van der Waals surface area contributed by atoms with Gasteiger partial charge in [0, 0.05) is 14.8 Å². The number of carbonyl (C=O) groups excluding carboxylic acids is 1. The SMILES string of the molecule is O=C(Nc1ccc(S(=O)(=O)Nc2ccccc2Cl)cc1)c1cccc(I)c1. The van der Waals surface area contributed by atoms with E-state index in [1.165, 1.54) is 24.3 Å². The number of carbonyl (C=O) groups is 1. The molecule has 0 saturated heterocycles. The second kappa shape index (κ2) is 8.28. The van der Waals surface area contributed by atoms with Crippen LogP contribution in [-0.4, -0.2) is 14.3 Å². The van der Waals surface area contributed by atoms with Crippen molar-refractivity contribution in [3.05, 3.63) is 87.0 Å². The number of nitrogens with one attached hydrogen (secondary N) is 2. The maximum Gasteiger partial charge on any atom is 0.261 e. The zero-order chi connectivity index (χ0) is 19.4. The van der Waals surface area contributed by atoms with Crippen LogP contribution in [0, 0.1) is 3.57 Å². The zero-order valence-electron chi connectivity index (χ0n) is 13.8. The van der Waals surface area contributed by atoms with E-state index < -0.39 is 10.0 Å². The fraction of sp³-hybridized carbons (Fsp3) is 0. The van der Waals surface area contributed by atoms with Crippen LogP contribution in [0.5, 0.6) is 0 Å². The first-order valence-electron chi connectivity index (χ1n) is 7.79. The van der Waals surface area contributed by atoms with Crippen molar-refractivity contribution in [1.29, 1.82) is 0 Å². The second-order valence-corrected chi connectivity index (χ2v) is 8.91. The lowest BCUT2D eigenvalue weighted by Gasteiger charge is -2.10. The maximum atomic E-state index is 12.5. The predicted octanol–water partition coefficient (Wildman–Crippen LogP) is 5.00. The largest absolute Gasteiger partial charge is 0.322 e. The molecule has 0 spiro atoms. The summed E-state index contributed by atoms with van der Waals surface area (Å²) in [6.07, 6.45) is 0. The Bertz CT molecular complexity index is 1090. The molecule has 138 valence electrons. The number of benzene rings is 3. The second-order valence-electron chi connectivity index (χ2n) is 5.57. The Balaban J connectivity index is 1.75. The number of para-hydroxylation sites is 1. The minimum Gasteiger partial charge on any atom is -0.322 e. The average Bonchev–Trinajstić information content (AvgIpc) is 2.64. The Morgan fingerprint density at radius 2 is 1.63 bits per heavy atom. The van der Waals surface area contributed by atoms with Crippen LogP contribution < -0.4 is 10.0 Å². The van der Waals surface area contributed by atoms with Gasteiger partial charge in [-0.15, -0.1) is 0 Å². The summed E-state index contributed by atoms with van der Waals surface area (Å²) in [5.41, 5.74) is 1.32. The predicted molar refractivity (Wildman–Crippen MR) is 116 cm³/mol. The normalized spacial score (nSPS) is 11.0. The molecule has 0 aliphatic carbocycles. The van der Waals surface area contributed by atoms with Gasteiger partial charge < -0.3 is 5.32 Å². The van der Waals surface area contributed by atoms with Crippen LogP contribution >= 0.6 is 34.2 Å². The fourth-order valence-electron chi connectivity index (χ4n) is 2.30. The summed E-state index contributed by atoms with van der Waals surface area (Å²) in [5.74, 6) is -0.265. The summed E-state index contributed by atoms with van der Waals surface area (Å²) >= 11 is 8.13. The lowest BCUT2D eigenvalue weighted by molar-refractivity contribution is 0.102. The number of rotatable bonds is 5. The molecule has 2 N–H and O–H groups in total. The van der Waals surface area contributed by atoms with E-state index in [0.717, 1.165) is 3.57 Å². The van der Waals surface area contributed by atoms with Crippen LogP contribution in [0.2, 0.25) is 5.02 Å². The van der Waals surface area contributed by atoms with Gasteiger partial charge in [0.05, 0.1) is 15.6 Å². The zero-order valence-corrected chi connectivity index (χ0v) is 17.5. The maximum absolute atomic E-state index is 12.5. The van der Waals surface area contributed by atoms with Gasteiger partial charge in [-0.1, -0.05) is 29.8 Å². The summed E-state index contributed by atoms with van der Waals surface area (Å²) in [6.45, 7) is 0. The molecule has 0 fully saturated rings. The van der Waals surface area contributed by atoms with E-state index in [1.54, 1.807) is 42.5 Å². The molecule has 0 saturated carbocycles. The molecular formula is C19H14ClIN2O3S. The van der Waals surface area contributed by atoms with E-state index in [0.29, 0.717) is 22.0 Å². The van der Waals surface area contributed by atoms with Crippen molar-refractivity contribution >= 4 is 61.5 Å². The van der Waals surface area contributed by atoms with Gasteiger partial charge in [-0.25, -0.2) is 8.42 Å². The molecule has 27 heavy (non-hydrogen) atoms. The van der Waals surface area contributed by atoms with Gasteiger partial charge in [0.1, 0.15) is 0 Å². The molecule has 5 nitrogen and oxygen atoms in total. The topological polar surface area (TPSA) is 75.3 Å². The molecule has 0 aliphatic rings. The van der Waals surface area contributed by atoms with E-state index in [1.807, 2.05) is 6.07 Å². The number of amides is 1. The summed E-state index contributed by atoms with van der Waals surface area (Å²) in [6, 6.07) is 19.7. The van der Waals surface area contributed by atoms with Crippen LogP contribution in [0.4, 0.5) is 11.4 Å². The third-order valence-electron chi connectivity index (χ3n) is 3.63. The van der Waals surface area contributed by atoms with E-state index in [9.17, 15) is 13.2 Å². The first-order chi connectivity index (χ1) is 12.8. The highest BCUT2D eigenvalue weighted by molar-refractivity contribution is 14.1. The van der Waals surface area contributed by atoms with Crippen molar-refractivity contribution in [3.8, 4) is 0 Å². The quantitative estimate of drug-likeness (QED) is 0.473. The third kappa shape index (κ3) is 5.00. The smallest absolute Gasteiger partial charge is 0.261 e. The number of hydrogen-bond acceptors (Lipinski definition) is 3. The molecule has 0 radical (unpaired) electrons. The van der Waals surface area contributed by atoms with Crippen LogP contribution in [0.1, 0.15) is 10.4 Å². The number of halogens is 2. The first-order valence-corrected chi connectivity index (χ1v) is 10.7. The van der Waals surface area contributed by atoms with E-state index >= 15 is 0 Å². The molecule has 0 unspecified atom stereocenters. The van der Waals surface area contributed by atoms with Crippen molar-refractivity contribution < 1.29 is 13.2 Å². The number of anilines is 2. The standard InChI is InChI=1S/C19H14ClIN2O3S/c20-17-6-1-2-7-18(17)23-27(25,26)16-10-8-15(9-11-16)22-19(24)13-4-3-5-14(21)12-13/h1-12,23H,(H,22,24). The minimum absolute atomic E-state index is 0.0645. The first kappa shape index (κ1) is 19.7. The monoisotopic (exact) mass is 512 g/mol. The lowest BCUT2D eigenvalue weighted by Crippen LogP contribution is -2.14. The van der Waals surface area contributed by atoms with Crippen LogP contribution in [0.3, 0.4) is 0 Å². The summed E-state index contributed by atoms with van der Waals surface area (Å²) < 4.78 is 28.4. The van der Waals surface area contributed by atoms with E-state index in [2.05, 4.69) is 32.6 Å². The highest BCUT2D eigenvalue weighted by atomic mass is 127.